The van der Waals surface area contributed by atoms with Gasteiger partial charge in [0.25, 0.3) is 5.91 Å². The summed E-state index contributed by atoms with van der Waals surface area (Å²) in [6, 6.07) is 16.7. The van der Waals surface area contributed by atoms with E-state index < -0.39 is 5.97 Å². The highest BCUT2D eigenvalue weighted by atomic mass is 35.5. The lowest BCUT2D eigenvalue weighted by molar-refractivity contribution is 0.0733. The first kappa shape index (κ1) is 24.8. The summed E-state index contributed by atoms with van der Waals surface area (Å²) in [5.41, 5.74) is 4.68. The Labute approximate surface area is 203 Å². The minimum absolute atomic E-state index is 0.231. The van der Waals surface area contributed by atoms with E-state index in [1.165, 1.54) is 6.21 Å². The van der Waals surface area contributed by atoms with Gasteiger partial charge in [-0.3, -0.25) is 4.79 Å². The number of aryl methyl sites for hydroxylation is 1. The summed E-state index contributed by atoms with van der Waals surface area (Å²) < 4.78 is 16.7. The maximum Gasteiger partial charge on any atom is 0.343 e. The first-order valence-electron chi connectivity index (χ1n) is 10.7. The molecule has 0 aliphatic carbocycles. The molecule has 0 radical (unpaired) electrons. The summed E-state index contributed by atoms with van der Waals surface area (Å²) in [6.07, 6.45) is 1.37. The predicted molar refractivity (Wildman–Crippen MR) is 131 cm³/mol. The maximum atomic E-state index is 12.8. The molecule has 0 aliphatic heterocycles. The van der Waals surface area contributed by atoms with Crippen molar-refractivity contribution in [2.75, 3.05) is 13.2 Å². The molecule has 0 unspecified atom stereocenters. The number of hydrogen-bond acceptors (Lipinski definition) is 6. The van der Waals surface area contributed by atoms with Gasteiger partial charge in [-0.15, -0.1) is 0 Å². The molecule has 0 saturated carbocycles. The first-order chi connectivity index (χ1) is 16.4. The van der Waals surface area contributed by atoms with Gasteiger partial charge in [0.1, 0.15) is 5.75 Å². The van der Waals surface area contributed by atoms with Crippen molar-refractivity contribution >= 4 is 29.7 Å². The van der Waals surface area contributed by atoms with Gasteiger partial charge >= 0.3 is 5.97 Å². The van der Waals surface area contributed by atoms with Crippen LogP contribution >= 0.6 is 11.6 Å². The van der Waals surface area contributed by atoms with E-state index in [4.69, 9.17) is 25.8 Å². The second kappa shape index (κ2) is 11.9. The Morgan fingerprint density at radius 2 is 1.53 bits per heavy atom. The van der Waals surface area contributed by atoms with Gasteiger partial charge in [-0.05, 0) is 69.3 Å². The quantitative estimate of drug-likeness (QED) is 0.191. The lowest BCUT2D eigenvalue weighted by Crippen LogP contribution is -2.17. The summed E-state index contributed by atoms with van der Waals surface area (Å²) in [4.78, 5) is 25.1. The van der Waals surface area contributed by atoms with E-state index in [1.807, 2.05) is 32.9 Å². The molecule has 7 nitrogen and oxygen atoms in total. The van der Waals surface area contributed by atoms with Crippen LogP contribution in [-0.2, 0) is 0 Å². The molecule has 0 heterocycles. The molecule has 3 rings (SSSR count). The summed E-state index contributed by atoms with van der Waals surface area (Å²) in [6.45, 7) is 6.54. The van der Waals surface area contributed by atoms with Gasteiger partial charge in [0, 0.05) is 16.1 Å². The Kier molecular flexibility index (Phi) is 8.65. The third kappa shape index (κ3) is 6.59. The van der Waals surface area contributed by atoms with Crippen molar-refractivity contribution in [3.05, 3.63) is 87.9 Å². The van der Waals surface area contributed by atoms with E-state index in [-0.39, 0.29) is 17.2 Å². The molecule has 3 aromatic rings. The Bertz CT molecular complexity index is 1190. The highest BCUT2D eigenvalue weighted by molar-refractivity contribution is 6.31. The van der Waals surface area contributed by atoms with Gasteiger partial charge in [-0.2, -0.15) is 5.10 Å². The van der Waals surface area contributed by atoms with Gasteiger partial charge < -0.3 is 14.2 Å². The lowest BCUT2D eigenvalue weighted by atomic mass is 10.1. The van der Waals surface area contributed by atoms with Crippen LogP contribution in [0, 0.1) is 6.92 Å². The fourth-order valence-corrected chi connectivity index (χ4v) is 3.16. The zero-order valence-corrected chi connectivity index (χ0v) is 19.9. The maximum absolute atomic E-state index is 12.8. The third-order valence-electron chi connectivity index (χ3n) is 4.64. The first-order valence-corrected chi connectivity index (χ1v) is 11.1. The van der Waals surface area contributed by atoms with E-state index in [1.54, 1.807) is 48.5 Å². The predicted octanol–water partition coefficient (Wildman–Crippen LogP) is 5.43. The number of hydrogen-bond donors (Lipinski definition) is 1. The Morgan fingerprint density at radius 3 is 2.24 bits per heavy atom. The number of hydrazone groups is 1. The van der Waals surface area contributed by atoms with E-state index in [0.29, 0.717) is 40.9 Å². The normalized spacial score (nSPS) is 10.7. The Hall–Kier alpha value is -3.84. The topological polar surface area (TPSA) is 86.2 Å². The molecule has 1 amide bonds. The number of carbonyl (C=O) groups excluding carboxylic acids is 2. The molecule has 0 bridgehead atoms. The molecule has 1 N–H and O–H groups in total. The van der Waals surface area contributed by atoms with Crippen LogP contribution in [0.3, 0.4) is 0 Å². The highest BCUT2D eigenvalue weighted by Gasteiger charge is 2.15. The number of halogens is 1. The molecule has 0 aromatic heterocycles. The van der Waals surface area contributed by atoms with Crippen LogP contribution < -0.4 is 19.6 Å². The lowest BCUT2D eigenvalue weighted by Gasteiger charge is -2.13. The zero-order valence-electron chi connectivity index (χ0n) is 19.1. The SMILES string of the molecule is CCOc1ccc(C(=O)Oc2ccc(Cl)cc2/C=N/NC(=O)c2ccc(C)cc2)cc1OCC. The van der Waals surface area contributed by atoms with Gasteiger partial charge in [-0.25, -0.2) is 10.2 Å². The molecule has 8 heteroatoms. The average Bonchev–Trinajstić information content (AvgIpc) is 2.82. The van der Waals surface area contributed by atoms with E-state index in [2.05, 4.69) is 10.5 Å². The summed E-state index contributed by atoms with van der Waals surface area (Å²) in [5.74, 6) is 0.272. The molecular weight excluding hydrogens is 456 g/mol. The molecule has 3 aromatic carbocycles. The number of rotatable bonds is 9. The van der Waals surface area contributed by atoms with Gasteiger partial charge in [0.05, 0.1) is 25.0 Å². The van der Waals surface area contributed by atoms with Crippen LogP contribution in [0.4, 0.5) is 0 Å². The Balaban J connectivity index is 1.76. The molecule has 176 valence electrons. The number of esters is 1. The van der Waals surface area contributed by atoms with Crippen molar-refractivity contribution in [3.8, 4) is 17.2 Å². The third-order valence-corrected chi connectivity index (χ3v) is 4.87. The fraction of sp³-hybridized carbons (Fsp3) is 0.192. The largest absolute Gasteiger partial charge is 0.490 e. The average molecular weight is 481 g/mol. The molecule has 0 saturated heterocycles. The molecule has 0 spiro atoms. The van der Waals surface area contributed by atoms with Gasteiger partial charge in [0.2, 0.25) is 0 Å². The minimum atomic E-state index is -0.593. The second-order valence-electron chi connectivity index (χ2n) is 7.16. The van der Waals surface area contributed by atoms with Crippen LogP contribution in [0.25, 0.3) is 0 Å². The summed E-state index contributed by atoms with van der Waals surface area (Å²) >= 11 is 6.11. The van der Waals surface area contributed by atoms with Crippen LogP contribution in [-0.4, -0.2) is 31.3 Å². The van der Waals surface area contributed by atoms with Crippen molar-refractivity contribution in [2.24, 2.45) is 5.10 Å². The minimum Gasteiger partial charge on any atom is -0.490 e. The number of nitrogens with one attached hydrogen (secondary N) is 1. The number of ether oxygens (including phenoxy) is 3. The van der Waals surface area contributed by atoms with Crippen LogP contribution in [0.1, 0.15) is 45.7 Å². The number of benzene rings is 3. The van der Waals surface area contributed by atoms with Gasteiger partial charge in [-0.1, -0.05) is 29.3 Å². The Morgan fingerprint density at radius 1 is 0.882 bits per heavy atom. The number of amides is 1. The molecular formula is C26H25ClN2O5. The van der Waals surface area contributed by atoms with E-state index >= 15 is 0 Å². The van der Waals surface area contributed by atoms with Gasteiger partial charge in [0.15, 0.2) is 11.5 Å². The van der Waals surface area contributed by atoms with Crippen LogP contribution in [0.5, 0.6) is 17.2 Å². The van der Waals surface area contributed by atoms with Crippen molar-refractivity contribution < 1.29 is 23.8 Å². The summed E-state index contributed by atoms with van der Waals surface area (Å²) in [7, 11) is 0. The van der Waals surface area contributed by atoms with Crippen molar-refractivity contribution in [1.29, 1.82) is 0 Å². The molecule has 34 heavy (non-hydrogen) atoms. The number of nitrogens with zero attached hydrogens (tertiary/aromatic N) is 1. The zero-order chi connectivity index (χ0) is 24.5. The van der Waals surface area contributed by atoms with E-state index in [0.717, 1.165) is 5.56 Å². The van der Waals surface area contributed by atoms with Crippen molar-refractivity contribution in [2.45, 2.75) is 20.8 Å². The van der Waals surface area contributed by atoms with Crippen molar-refractivity contribution in [1.82, 2.24) is 5.43 Å². The van der Waals surface area contributed by atoms with Crippen LogP contribution in [0.2, 0.25) is 5.02 Å². The van der Waals surface area contributed by atoms with Crippen molar-refractivity contribution in [3.63, 3.8) is 0 Å². The standard InChI is InChI=1S/C26H25ClN2O5/c1-4-32-23-12-10-19(15-24(23)33-5-2)26(31)34-22-13-11-21(27)14-20(22)16-28-29-25(30)18-8-6-17(3)7-9-18/h6-16H,4-5H2,1-3H3,(H,29,30)/b28-16+. The molecule has 0 fully saturated rings. The van der Waals surface area contributed by atoms with Crippen LogP contribution in [0.15, 0.2) is 65.8 Å². The second-order valence-corrected chi connectivity index (χ2v) is 7.60. The molecule has 0 atom stereocenters. The monoisotopic (exact) mass is 480 g/mol. The van der Waals surface area contributed by atoms with E-state index in [9.17, 15) is 9.59 Å². The summed E-state index contributed by atoms with van der Waals surface area (Å²) in [5, 5.41) is 4.40. The number of carbonyl (C=O) groups is 2. The highest BCUT2D eigenvalue weighted by Crippen LogP contribution is 2.29. The smallest absolute Gasteiger partial charge is 0.343 e. The fourth-order valence-electron chi connectivity index (χ4n) is 2.98. The molecule has 0 aliphatic rings.